The van der Waals surface area contributed by atoms with Gasteiger partial charge in [-0.2, -0.15) is 13.2 Å². The Morgan fingerprint density at radius 1 is 1.25 bits per heavy atom. The van der Waals surface area contributed by atoms with E-state index in [1.54, 1.807) is 13.8 Å². The molecule has 1 fully saturated rings. The average molecular weight is 354 g/mol. The second-order valence-electron chi connectivity index (χ2n) is 6.07. The predicted molar refractivity (Wildman–Crippen MR) is 76.0 cm³/mol. The van der Waals surface area contributed by atoms with Crippen molar-refractivity contribution in [3.05, 3.63) is 0 Å². The zero-order valence-corrected chi connectivity index (χ0v) is 13.6. The number of esters is 1. The Hall–Kier alpha value is -2.00. The van der Waals surface area contributed by atoms with Crippen LogP contribution < -0.4 is 5.32 Å². The fraction of sp³-hybridized carbons (Fsp3) is 0.786. The third kappa shape index (κ3) is 5.27. The minimum atomic E-state index is -4.70. The van der Waals surface area contributed by atoms with Gasteiger partial charge in [-0.1, -0.05) is 6.92 Å². The van der Waals surface area contributed by atoms with Gasteiger partial charge in [0.15, 0.2) is 0 Å². The number of amides is 2. The van der Waals surface area contributed by atoms with Crippen molar-refractivity contribution >= 4 is 18.0 Å². The molecular formula is C14H21F3N2O5. The van der Waals surface area contributed by atoms with Gasteiger partial charge >= 0.3 is 24.1 Å². The number of carboxylic acids is 1. The van der Waals surface area contributed by atoms with E-state index >= 15 is 0 Å². The minimum absolute atomic E-state index is 0.116. The zero-order valence-electron chi connectivity index (χ0n) is 13.6. The number of alkyl halides is 3. The van der Waals surface area contributed by atoms with Crippen LogP contribution >= 0.6 is 0 Å². The van der Waals surface area contributed by atoms with E-state index in [1.807, 2.05) is 0 Å². The fourth-order valence-corrected chi connectivity index (χ4v) is 2.34. The molecule has 24 heavy (non-hydrogen) atoms. The van der Waals surface area contributed by atoms with Crippen LogP contribution in [0.5, 0.6) is 0 Å². The van der Waals surface area contributed by atoms with Crippen molar-refractivity contribution in [2.75, 3.05) is 19.6 Å². The molecule has 0 aromatic carbocycles. The summed E-state index contributed by atoms with van der Waals surface area (Å²) in [5, 5.41) is 11.2. The van der Waals surface area contributed by atoms with Crippen LogP contribution in [0.3, 0.4) is 0 Å². The summed E-state index contributed by atoms with van der Waals surface area (Å²) in [6.45, 7) is 3.46. The van der Waals surface area contributed by atoms with Crippen LogP contribution in [0, 0.1) is 17.8 Å². The van der Waals surface area contributed by atoms with Crippen molar-refractivity contribution in [3.63, 3.8) is 0 Å². The summed E-state index contributed by atoms with van der Waals surface area (Å²) in [7, 11) is 0. The van der Waals surface area contributed by atoms with E-state index in [9.17, 15) is 27.6 Å². The van der Waals surface area contributed by atoms with E-state index in [2.05, 4.69) is 5.32 Å². The first kappa shape index (κ1) is 20.0. The standard InChI is InChI=1S/C14H21F3N2O5/c1-7(2)24-12(22)8(3)4-18-13(23)19-5-9(11(20)21)10(6-19)14(15,16)17/h7-10H,4-6H2,1-3H3,(H,18,23)(H,20,21)/t8?,9-,10-/m1/s1. The predicted octanol–water partition coefficient (Wildman–Crippen LogP) is 1.48. The van der Waals surface area contributed by atoms with E-state index < -0.39 is 55.0 Å². The number of nitrogens with zero attached hydrogens (tertiary/aromatic N) is 1. The molecule has 0 radical (unpaired) electrons. The first-order chi connectivity index (χ1) is 10.9. The van der Waals surface area contributed by atoms with Gasteiger partial charge in [-0.05, 0) is 13.8 Å². The Labute approximate surface area is 137 Å². The van der Waals surface area contributed by atoms with Gasteiger partial charge in [-0.25, -0.2) is 4.79 Å². The molecule has 0 saturated carbocycles. The quantitative estimate of drug-likeness (QED) is 0.729. The molecule has 1 aliphatic heterocycles. The lowest BCUT2D eigenvalue weighted by molar-refractivity contribution is -0.187. The van der Waals surface area contributed by atoms with Crippen LogP contribution in [0.2, 0.25) is 0 Å². The Morgan fingerprint density at radius 2 is 1.83 bits per heavy atom. The number of aliphatic carboxylic acids is 1. The topological polar surface area (TPSA) is 95.9 Å². The molecule has 0 spiro atoms. The van der Waals surface area contributed by atoms with E-state index in [0.29, 0.717) is 0 Å². The molecule has 0 aromatic rings. The second kappa shape index (κ2) is 7.71. The number of nitrogens with one attached hydrogen (secondary N) is 1. The Bertz CT molecular complexity index is 495. The van der Waals surface area contributed by atoms with Crippen molar-refractivity contribution in [3.8, 4) is 0 Å². The lowest BCUT2D eigenvalue weighted by Crippen LogP contribution is -2.42. The van der Waals surface area contributed by atoms with E-state index in [-0.39, 0.29) is 12.6 Å². The third-order valence-corrected chi connectivity index (χ3v) is 3.66. The summed E-state index contributed by atoms with van der Waals surface area (Å²) < 4.78 is 43.5. The number of carbonyl (C=O) groups is 3. The summed E-state index contributed by atoms with van der Waals surface area (Å²) in [6, 6.07) is -0.836. The molecule has 3 atom stereocenters. The number of hydrogen-bond donors (Lipinski definition) is 2. The van der Waals surface area contributed by atoms with E-state index in [1.165, 1.54) is 6.92 Å². The molecule has 10 heteroatoms. The zero-order chi connectivity index (χ0) is 18.7. The number of carbonyl (C=O) groups excluding carboxylic acids is 2. The highest BCUT2D eigenvalue weighted by atomic mass is 19.4. The smallest absolute Gasteiger partial charge is 0.394 e. The van der Waals surface area contributed by atoms with Gasteiger partial charge in [-0.3, -0.25) is 9.59 Å². The lowest BCUT2D eigenvalue weighted by Gasteiger charge is -2.20. The summed E-state index contributed by atoms with van der Waals surface area (Å²) in [6.07, 6.45) is -5.02. The lowest BCUT2D eigenvalue weighted by atomic mass is 9.96. The molecule has 1 aliphatic rings. The number of urea groups is 1. The van der Waals surface area contributed by atoms with Crippen LogP contribution in [0.4, 0.5) is 18.0 Å². The monoisotopic (exact) mass is 354 g/mol. The maximum Gasteiger partial charge on any atom is 0.394 e. The molecule has 2 N–H and O–H groups in total. The highest BCUT2D eigenvalue weighted by molar-refractivity contribution is 5.79. The summed E-state index contributed by atoms with van der Waals surface area (Å²) >= 11 is 0. The molecule has 138 valence electrons. The van der Waals surface area contributed by atoms with Gasteiger partial charge in [0.2, 0.25) is 0 Å². The van der Waals surface area contributed by atoms with Gasteiger partial charge in [0, 0.05) is 19.6 Å². The van der Waals surface area contributed by atoms with Crippen LogP contribution in [0.15, 0.2) is 0 Å². The Balaban J connectivity index is 2.60. The van der Waals surface area contributed by atoms with Crippen molar-refractivity contribution < 1.29 is 37.4 Å². The maximum absolute atomic E-state index is 12.9. The summed E-state index contributed by atoms with van der Waals surface area (Å²) in [5.41, 5.74) is 0. The van der Waals surface area contributed by atoms with Crippen molar-refractivity contribution in [2.45, 2.75) is 33.1 Å². The van der Waals surface area contributed by atoms with Crippen molar-refractivity contribution in [1.29, 1.82) is 0 Å². The van der Waals surface area contributed by atoms with Crippen molar-refractivity contribution in [1.82, 2.24) is 10.2 Å². The van der Waals surface area contributed by atoms with Gasteiger partial charge in [0.05, 0.1) is 23.9 Å². The van der Waals surface area contributed by atoms with Gasteiger partial charge in [-0.15, -0.1) is 0 Å². The molecule has 7 nitrogen and oxygen atoms in total. The molecule has 0 bridgehead atoms. The minimum Gasteiger partial charge on any atom is -0.481 e. The van der Waals surface area contributed by atoms with Crippen LogP contribution in [-0.4, -0.2) is 59.9 Å². The molecule has 0 aromatic heterocycles. The van der Waals surface area contributed by atoms with Crippen molar-refractivity contribution in [2.24, 2.45) is 17.8 Å². The number of carboxylic acid groups (broad SMARTS) is 1. The van der Waals surface area contributed by atoms with Crippen LogP contribution in [0.1, 0.15) is 20.8 Å². The number of halogens is 3. The Kier molecular flexibility index (Phi) is 6.44. The first-order valence-electron chi connectivity index (χ1n) is 7.46. The van der Waals surface area contributed by atoms with Gasteiger partial charge < -0.3 is 20.1 Å². The number of rotatable bonds is 5. The SMILES string of the molecule is CC(C)OC(=O)C(C)CNC(=O)N1C[C@@H](C(F)(F)F)[C@H](C(=O)O)C1. The Morgan fingerprint density at radius 3 is 2.25 bits per heavy atom. The number of ether oxygens (including phenoxy) is 1. The number of hydrogen-bond acceptors (Lipinski definition) is 4. The second-order valence-corrected chi connectivity index (χ2v) is 6.07. The highest BCUT2D eigenvalue weighted by Gasteiger charge is 2.53. The molecule has 1 rings (SSSR count). The normalized spacial score (nSPS) is 22.4. The van der Waals surface area contributed by atoms with Crippen LogP contribution in [0.25, 0.3) is 0 Å². The first-order valence-corrected chi connectivity index (χ1v) is 7.46. The third-order valence-electron chi connectivity index (χ3n) is 3.66. The highest BCUT2D eigenvalue weighted by Crippen LogP contribution is 2.37. The number of likely N-dealkylation sites (tertiary alicyclic amines) is 1. The molecule has 1 heterocycles. The largest absolute Gasteiger partial charge is 0.481 e. The average Bonchev–Trinajstić information content (AvgIpc) is 2.89. The van der Waals surface area contributed by atoms with Crippen LogP contribution in [-0.2, 0) is 14.3 Å². The maximum atomic E-state index is 12.9. The molecule has 1 saturated heterocycles. The summed E-state index contributed by atoms with van der Waals surface area (Å²) in [4.78, 5) is 35.3. The summed E-state index contributed by atoms with van der Waals surface area (Å²) in [5.74, 6) is -6.61. The van der Waals surface area contributed by atoms with Gasteiger partial charge in [0.25, 0.3) is 0 Å². The molecular weight excluding hydrogens is 333 g/mol. The van der Waals surface area contributed by atoms with E-state index in [4.69, 9.17) is 9.84 Å². The van der Waals surface area contributed by atoms with E-state index in [0.717, 1.165) is 4.90 Å². The molecule has 2 amide bonds. The fourth-order valence-electron chi connectivity index (χ4n) is 2.34. The molecule has 0 aliphatic carbocycles. The molecule has 1 unspecified atom stereocenters. The van der Waals surface area contributed by atoms with Gasteiger partial charge in [0.1, 0.15) is 0 Å².